The van der Waals surface area contributed by atoms with Crippen LogP contribution in [0.25, 0.3) is 0 Å². The normalized spacial score (nSPS) is 49.0. The SMILES string of the molecule is CC[C@@]1(O)CC[C@H]2[C@@H]3CCC4=C(CCC5(CCOO5)C4)C3=CC[C@@]21C. The van der Waals surface area contributed by atoms with Crippen LogP contribution in [0.15, 0.2) is 22.8 Å². The fourth-order valence-corrected chi connectivity index (χ4v) is 7.06. The Morgan fingerprint density at radius 2 is 2.08 bits per heavy atom. The predicted octanol–water partition coefficient (Wildman–Crippen LogP) is 4.86. The molecule has 0 bridgehead atoms. The van der Waals surface area contributed by atoms with Gasteiger partial charge in [-0.15, -0.1) is 0 Å². The molecule has 0 radical (unpaired) electrons. The number of rotatable bonds is 1. The molecule has 138 valence electrons. The first-order valence-corrected chi connectivity index (χ1v) is 10.4. The predicted molar refractivity (Wildman–Crippen MR) is 96.8 cm³/mol. The summed E-state index contributed by atoms with van der Waals surface area (Å²) in [7, 11) is 0. The minimum Gasteiger partial charge on any atom is -0.389 e. The highest BCUT2D eigenvalue weighted by atomic mass is 17.2. The number of aliphatic hydroxyl groups is 1. The van der Waals surface area contributed by atoms with E-state index in [0.717, 1.165) is 51.6 Å². The number of fused-ring (bicyclic) bond motifs is 4. The third kappa shape index (κ3) is 2.15. The van der Waals surface area contributed by atoms with Crippen molar-refractivity contribution in [3.05, 3.63) is 22.8 Å². The van der Waals surface area contributed by atoms with Gasteiger partial charge in [0.15, 0.2) is 0 Å². The van der Waals surface area contributed by atoms with E-state index >= 15 is 0 Å². The maximum Gasteiger partial charge on any atom is 0.110 e. The molecule has 5 rings (SSSR count). The van der Waals surface area contributed by atoms with E-state index in [4.69, 9.17) is 9.78 Å². The van der Waals surface area contributed by atoms with Crippen molar-refractivity contribution >= 4 is 0 Å². The highest BCUT2D eigenvalue weighted by Gasteiger charge is 2.59. The van der Waals surface area contributed by atoms with E-state index in [1.165, 1.54) is 19.3 Å². The van der Waals surface area contributed by atoms with Crippen LogP contribution < -0.4 is 0 Å². The summed E-state index contributed by atoms with van der Waals surface area (Å²) >= 11 is 0. The van der Waals surface area contributed by atoms with Gasteiger partial charge < -0.3 is 5.11 Å². The first-order valence-electron chi connectivity index (χ1n) is 10.4. The zero-order valence-corrected chi connectivity index (χ0v) is 15.8. The first-order chi connectivity index (χ1) is 12.0. The van der Waals surface area contributed by atoms with Gasteiger partial charge in [-0.05, 0) is 74.3 Å². The van der Waals surface area contributed by atoms with Gasteiger partial charge in [0.05, 0.1) is 12.2 Å². The number of hydrogen-bond acceptors (Lipinski definition) is 3. The second-order valence-electron chi connectivity index (χ2n) is 9.55. The molecular formula is C22H32O3. The molecular weight excluding hydrogens is 312 g/mol. The van der Waals surface area contributed by atoms with Gasteiger partial charge in [0.25, 0.3) is 0 Å². The van der Waals surface area contributed by atoms with E-state index in [2.05, 4.69) is 19.9 Å². The Hall–Kier alpha value is -0.640. The second kappa shape index (κ2) is 5.43. The molecule has 1 heterocycles. The minimum atomic E-state index is -0.458. The lowest BCUT2D eigenvalue weighted by Gasteiger charge is -2.51. The molecule has 1 spiro atoms. The molecule has 0 aromatic carbocycles. The zero-order chi connectivity index (χ0) is 17.3. The van der Waals surface area contributed by atoms with Crippen molar-refractivity contribution < 1.29 is 14.9 Å². The lowest BCUT2D eigenvalue weighted by molar-refractivity contribution is -0.310. The molecule has 1 unspecified atom stereocenters. The van der Waals surface area contributed by atoms with E-state index in [9.17, 15) is 5.11 Å². The standard InChI is InChI=1S/C22H32O3/c1-3-22(23)11-8-19-18-5-4-15-14-21(12-13-24-25-21)10-7-16(15)17(18)6-9-20(19,22)2/h6,18-19,23H,3-5,7-14H2,1-2H3/t18-,19+,20+,21?,22-/m1/s1. The molecule has 1 saturated carbocycles. The summed E-state index contributed by atoms with van der Waals surface area (Å²) in [6.45, 7) is 5.29. The van der Waals surface area contributed by atoms with Gasteiger partial charge in [0.2, 0.25) is 0 Å². The van der Waals surface area contributed by atoms with Gasteiger partial charge >= 0.3 is 0 Å². The Morgan fingerprint density at radius 3 is 2.84 bits per heavy atom. The van der Waals surface area contributed by atoms with Gasteiger partial charge in [0, 0.05) is 18.3 Å². The Morgan fingerprint density at radius 1 is 1.20 bits per heavy atom. The topological polar surface area (TPSA) is 38.7 Å². The summed E-state index contributed by atoms with van der Waals surface area (Å²) in [6, 6.07) is 0. The van der Waals surface area contributed by atoms with Gasteiger partial charge in [-0.1, -0.05) is 25.5 Å². The zero-order valence-electron chi connectivity index (χ0n) is 15.8. The Bertz CT molecular complexity index is 642. The average molecular weight is 344 g/mol. The molecule has 5 aliphatic rings. The van der Waals surface area contributed by atoms with Crippen LogP contribution in [0.4, 0.5) is 0 Å². The van der Waals surface area contributed by atoms with Crippen LogP contribution in [-0.2, 0) is 9.78 Å². The largest absolute Gasteiger partial charge is 0.389 e. The molecule has 25 heavy (non-hydrogen) atoms. The first kappa shape index (κ1) is 16.5. The van der Waals surface area contributed by atoms with Crippen LogP contribution in [0.3, 0.4) is 0 Å². The minimum absolute atomic E-state index is 0.0226. The molecule has 0 aromatic heterocycles. The highest BCUT2D eigenvalue weighted by molar-refractivity contribution is 5.45. The number of allylic oxidation sites excluding steroid dienone is 3. The van der Waals surface area contributed by atoms with E-state index in [1.54, 1.807) is 16.7 Å². The van der Waals surface area contributed by atoms with Crippen molar-refractivity contribution in [2.75, 3.05) is 6.61 Å². The molecule has 2 fully saturated rings. The van der Waals surface area contributed by atoms with E-state index in [1.807, 2.05) is 0 Å². The Kier molecular flexibility index (Phi) is 3.59. The summed E-state index contributed by atoms with van der Waals surface area (Å²) in [5.74, 6) is 1.33. The summed E-state index contributed by atoms with van der Waals surface area (Å²) in [5, 5.41) is 11.2. The third-order valence-electron chi connectivity index (χ3n) is 8.74. The summed E-state index contributed by atoms with van der Waals surface area (Å²) in [6.07, 6.45) is 13.5. The van der Waals surface area contributed by atoms with Crippen LogP contribution >= 0.6 is 0 Å². The van der Waals surface area contributed by atoms with E-state index in [-0.39, 0.29) is 11.0 Å². The van der Waals surface area contributed by atoms with Gasteiger partial charge in [0.1, 0.15) is 5.60 Å². The molecule has 5 atom stereocenters. The second-order valence-corrected chi connectivity index (χ2v) is 9.55. The molecule has 1 aliphatic heterocycles. The van der Waals surface area contributed by atoms with Gasteiger partial charge in [-0.3, -0.25) is 0 Å². The van der Waals surface area contributed by atoms with Crippen molar-refractivity contribution in [1.82, 2.24) is 0 Å². The molecule has 3 nitrogen and oxygen atoms in total. The van der Waals surface area contributed by atoms with Crippen molar-refractivity contribution in [3.63, 3.8) is 0 Å². The lowest BCUT2D eigenvalue weighted by Crippen LogP contribution is -2.48. The summed E-state index contributed by atoms with van der Waals surface area (Å²) in [4.78, 5) is 11.0. The molecule has 4 aliphatic carbocycles. The van der Waals surface area contributed by atoms with Crippen LogP contribution in [0.5, 0.6) is 0 Å². The third-order valence-corrected chi connectivity index (χ3v) is 8.74. The maximum absolute atomic E-state index is 11.2. The Labute approximate surface area is 151 Å². The maximum atomic E-state index is 11.2. The van der Waals surface area contributed by atoms with Crippen molar-refractivity contribution in [2.24, 2.45) is 17.3 Å². The van der Waals surface area contributed by atoms with Crippen LogP contribution in [0.2, 0.25) is 0 Å². The quantitative estimate of drug-likeness (QED) is 0.691. The fourth-order valence-electron chi connectivity index (χ4n) is 7.06. The molecule has 1 saturated heterocycles. The Balaban J connectivity index is 1.48. The van der Waals surface area contributed by atoms with Crippen LogP contribution in [-0.4, -0.2) is 22.9 Å². The lowest BCUT2D eigenvalue weighted by atomic mass is 9.55. The molecule has 3 heteroatoms. The monoisotopic (exact) mass is 344 g/mol. The van der Waals surface area contributed by atoms with Crippen LogP contribution in [0, 0.1) is 17.3 Å². The van der Waals surface area contributed by atoms with E-state index in [0.29, 0.717) is 11.8 Å². The van der Waals surface area contributed by atoms with Crippen molar-refractivity contribution in [2.45, 2.75) is 89.3 Å². The van der Waals surface area contributed by atoms with Crippen LogP contribution in [0.1, 0.15) is 78.1 Å². The van der Waals surface area contributed by atoms with Crippen molar-refractivity contribution in [1.29, 1.82) is 0 Å². The molecule has 0 aromatic rings. The molecule has 0 amide bonds. The smallest absolute Gasteiger partial charge is 0.110 e. The van der Waals surface area contributed by atoms with Gasteiger partial charge in [-0.2, -0.15) is 0 Å². The fraction of sp³-hybridized carbons (Fsp3) is 0.818. The highest BCUT2D eigenvalue weighted by Crippen LogP contribution is 2.63. The number of hydrogen-bond donors (Lipinski definition) is 1. The average Bonchev–Trinajstić information content (AvgIpc) is 3.18. The van der Waals surface area contributed by atoms with Crippen molar-refractivity contribution in [3.8, 4) is 0 Å². The summed E-state index contributed by atoms with van der Waals surface area (Å²) in [5.41, 5.74) is 4.55. The van der Waals surface area contributed by atoms with E-state index < -0.39 is 5.60 Å². The summed E-state index contributed by atoms with van der Waals surface area (Å²) < 4.78 is 0. The van der Waals surface area contributed by atoms with Gasteiger partial charge in [-0.25, -0.2) is 9.78 Å². The molecule has 1 N–H and O–H groups in total.